The van der Waals surface area contributed by atoms with Crippen LogP contribution in [0.5, 0.6) is 5.75 Å². The van der Waals surface area contributed by atoms with Gasteiger partial charge in [-0.1, -0.05) is 12.1 Å². The quantitative estimate of drug-likeness (QED) is 0.842. The predicted molar refractivity (Wildman–Crippen MR) is 67.6 cm³/mol. The van der Waals surface area contributed by atoms with E-state index >= 15 is 0 Å². The van der Waals surface area contributed by atoms with Gasteiger partial charge in [0, 0.05) is 6.20 Å². The molecule has 4 heteroatoms. The summed E-state index contributed by atoms with van der Waals surface area (Å²) in [6, 6.07) is 10.9. The summed E-state index contributed by atoms with van der Waals surface area (Å²) in [5.74, 6) is 0.121. The van der Waals surface area contributed by atoms with Crippen molar-refractivity contribution in [2.75, 3.05) is 7.11 Å². The number of benzene rings is 1. The third kappa shape index (κ3) is 2.53. The lowest BCUT2D eigenvalue weighted by Gasteiger charge is -2.15. The second-order valence-corrected chi connectivity index (χ2v) is 3.87. The number of H-pyrrole nitrogens is 1. The Kier molecular flexibility index (Phi) is 3.67. The lowest BCUT2D eigenvalue weighted by molar-refractivity contribution is 0.0593. The number of methoxy groups -OCH3 is 1. The fraction of sp³-hybridized carbons (Fsp3) is 0.214. The van der Waals surface area contributed by atoms with Crippen LogP contribution in [0, 0.1) is 0 Å². The van der Waals surface area contributed by atoms with Crippen molar-refractivity contribution in [1.29, 1.82) is 0 Å². The number of carbonyl (C=O) groups is 1. The smallest absolute Gasteiger partial charge is 0.341 e. The molecule has 0 aliphatic heterocycles. The highest BCUT2D eigenvalue weighted by atomic mass is 16.5. The van der Waals surface area contributed by atoms with E-state index in [2.05, 4.69) is 4.98 Å². The maximum Gasteiger partial charge on any atom is 0.341 e. The highest BCUT2D eigenvalue weighted by molar-refractivity contribution is 5.92. The van der Waals surface area contributed by atoms with E-state index in [0.29, 0.717) is 11.3 Å². The number of aromatic amines is 1. The predicted octanol–water partition coefficient (Wildman–Crippen LogP) is 2.94. The van der Waals surface area contributed by atoms with E-state index in [1.165, 1.54) is 7.11 Å². The lowest BCUT2D eigenvalue weighted by Crippen LogP contribution is -2.09. The van der Waals surface area contributed by atoms with Gasteiger partial charge in [0.1, 0.15) is 17.4 Å². The Balaban J connectivity index is 2.21. The molecule has 0 amide bonds. The van der Waals surface area contributed by atoms with Gasteiger partial charge in [-0.05, 0) is 31.2 Å². The molecule has 1 aromatic carbocycles. The number of hydrogen-bond donors (Lipinski definition) is 1. The monoisotopic (exact) mass is 245 g/mol. The third-order valence-electron chi connectivity index (χ3n) is 2.66. The summed E-state index contributed by atoms with van der Waals surface area (Å²) >= 11 is 0. The molecule has 0 bridgehead atoms. The molecule has 94 valence electrons. The van der Waals surface area contributed by atoms with Crippen LogP contribution < -0.4 is 4.74 Å². The minimum absolute atomic E-state index is 0.161. The molecule has 0 saturated carbocycles. The molecule has 1 atom stereocenters. The van der Waals surface area contributed by atoms with Crippen molar-refractivity contribution in [1.82, 2.24) is 4.98 Å². The number of ether oxygens (including phenoxy) is 2. The molecule has 1 aromatic heterocycles. The topological polar surface area (TPSA) is 51.3 Å². The Bertz CT molecular complexity index is 520. The van der Waals surface area contributed by atoms with Gasteiger partial charge in [-0.25, -0.2) is 4.79 Å². The number of para-hydroxylation sites is 1. The van der Waals surface area contributed by atoms with Crippen LogP contribution in [0.3, 0.4) is 0 Å². The summed E-state index contributed by atoms with van der Waals surface area (Å²) in [7, 11) is 1.35. The van der Waals surface area contributed by atoms with Crippen LogP contribution >= 0.6 is 0 Å². The lowest BCUT2D eigenvalue weighted by atomic mass is 10.2. The zero-order valence-corrected chi connectivity index (χ0v) is 10.3. The van der Waals surface area contributed by atoms with Gasteiger partial charge in [0.15, 0.2) is 0 Å². The van der Waals surface area contributed by atoms with Crippen molar-refractivity contribution in [3.63, 3.8) is 0 Å². The number of hydrogen-bond acceptors (Lipinski definition) is 3. The van der Waals surface area contributed by atoms with Gasteiger partial charge >= 0.3 is 5.97 Å². The molecule has 0 saturated heterocycles. The molecule has 0 aliphatic rings. The van der Waals surface area contributed by atoms with Crippen molar-refractivity contribution in [3.8, 4) is 5.75 Å². The number of carbonyl (C=O) groups excluding carboxylic acids is 1. The van der Waals surface area contributed by atoms with E-state index in [1.54, 1.807) is 18.2 Å². The van der Waals surface area contributed by atoms with E-state index in [1.807, 2.05) is 31.3 Å². The largest absolute Gasteiger partial charge is 0.484 e. The molecule has 0 fully saturated rings. The Morgan fingerprint density at radius 1 is 1.22 bits per heavy atom. The first-order chi connectivity index (χ1) is 8.72. The average molecular weight is 245 g/mol. The molecule has 18 heavy (non-hydrogen) atoms. The van der Waals surface area contributed by atoms with E-state index in [9.17, 15) is 4.79 Å². The SMILES string of the molecule is COC(=O)c1ccccc1OC(C)c1ccc[nH]1. The van der Waals surface area contributed by atoms with Crippen molar-refractivity contribution in [2.45, 2.75) is 13.0 Å². The highest BCUT2D eigenvalue weighted by Crippen LogP contribution is 2.24. The van der Waals surface area contributed by atoms with E-state index in [0.717, 1.165) is 5.69 Å². The van der Waals surface area contributed by atoms with Gasteiger partial charge in [-0.3, -0.25) is 0 Å². The van der Waals surface area contributed by atoms with Crippen LogP contribution in [0.2, 0.25) is 0 Å². The molecular weight excluding hydrogens is 230 g/mol. The number of rotatable bonds is 4. The number of nitrogens with one attached hydrogen (secondary N) is 1. The molecule has 0 spiro atoms. The van der Waals surface area contributed by atoms with Crippen molar-refractivity contribution in [2.24, 2.45) is 0 Å². The van der Waals surface area contributed by atoms with E-state index < -0.39 is 5.97 Å². The standard InChI is InChI=1S/C14H15NO3/c1-10(12-7-5-9-15-12)18-13-8-4-3-6-11(13)14(16)17-2/h3-10,15H,1-2H3. The van der Waals surface area contributed by atoms with Crippen LogP contribution in [-0.4, -0.2) is 18.1 Å². The zero-order valence-electron chi connectivity index (χ0n) is 10.3. The minimum atomic E-state index is -0.399. The number of esters is 1. The van der Waals surface area contributed by atoms with Crippen LogP contribution in [0.4, 0.5) is 0 Å². The van der Waals surface area contributed by atoms with Crippen molar-refractivity contribution in [3.05, 3.63) is 53.9 Å². The molecule has 0 radical (unpaired) electrons. The molecular formula is C14H15NO3. The first-order valence-electron chi connectivity index (χ1n) is 5.69. The second-order valence-electron chi connectivity index (χ2n) is 3.87. The normalized spacial score (nSPS) is 11.9. The van der Waals surface area contributed by atoms with Crippen molar-refractivity contribution >= 4 is 5.97 Å². The van der Waals surface area contributed by atoms with Crippen LogP contribution in [0.1, 0.15) is 29.1 Å². The summed E-state index contributed by atoms with van der Waals surface area (Å²) in [5, 5.41) is 0. The second kappa shape index (κ2) is 5.40. The molecule has 2 aromatic rings. The van der Waals surface area contributed by atoms with Gasteiger partial charge in [0.25, 0.3) is 0 Å². The van der Waals surface area contributed by atoms with Crippen LogP contribution in [-0.2, 0) is 4.74 Å². The van der Waals surface area contributed by atoms with E-state index in [4.69, 9.17) is 9.47 Å². The fourth-order valence-electron chi connectivity index (χ4n) is 1.70. The van der Waals surface area contributed by atoms with Crippen LogP contribution in [0.15, 0.2) is 42.6 Å². The molecule has 1 unspecified atom stereocenters. The van der Waals surface area contributed by atoms with Gasteiger partial charge in [0.2, 0.25) is 0 Å². The van der Waals surface area contributed by atoms with Gasteiger partial charge in [-0.15, -0.1) is 0 Å². The fourth-order valence-corrected chi connectivity index (χ4v) is 1.70. The molecule has 4 nitrogen and oxygen atoms in total. The third-order valence-corrected chi connectivity index (χ3v) is 2.66. The Labute approximate surface area is 106 Å². The zero-order chi connectivity index (χ0) is 13.0. The number of aromatic nitrogens is 1. The van der Waals surface area contributed by atoms with Crippen LogP contribution in [0.25, 0.3) is 0 Å². The Morgan fingerprint density at radius 3 is 2.67 bits per heavy atom. The summed E-state index contributed by atoms with van der Waals surface area (Å²) in [6.45, 7) is 1.92. The maximum absolute atomic E-state index is 11.6. The molecule has 1 N–H and O–H groups in total. The van der Waals surface area contributed by atoms with Gasteiger partial charge in [-0.2, -0.15) is 0 Å². The minimum Gasteiger partial charge on any atom is -0.484 e. The molecule has 2 rings (SSSR count). The average Bonchev–Trinajstić information content (AvgIpc) is 2.92. The first-order valence-corrected chi connectivity index (χ1v) is 5.69. The van der Waals surface area contributed by atoms with E-state index in [-0.39, 0.29) is 6.10 Å². The Hall–Kier alpha value is -2.23. The maximum atomic E-state index is 11.6. The highest BCUT2D eigenvalue weighted by Gasteiger charge is 2.15. The van der Waals surface area contributed by atoms with Gasteiger partial charge < -0.3 is 14.5 Å². The summed E-state index contributed by atoms with van der Waals surface area (Å²) < 4.78 is 10.5. The first kappa shape index (κ1) is 12.2. The van der Waals surface area contributed by atoms with Gasteiger partial charge in [0.05, 0.1) is 12.8 Å². The summed E-state index contributed by atoms with van der Waals surface area (Å²) in [4.78, 5) is 14.7. The van der Waals surface area contributed by atoms with Crippen molar-refractivity contribution < 1.29 is 14.3 Å². The molecule has 0 aliphatic carbocycles. The Morgan fingerprint density at radius 2 is 2.00 bits per heavy atom. The molecule has 1 heterocycles. The summed E-state index contributed by atoms with van der Waals surface area (Å²) in [5.41, 5.74) is 1.38. The summed E-state index contributed by atoms with van der Waals surface area (Å²) in [6.07, 6.45) is 1.67.